The van der Waals surface area contributed by atoms with Gasteiger partial charge in [-0.15, -0.1) is 0 Å². The van der Waals surface area contributed by atoms with Crippen LogP contribution in [0, 0.1) is 0 Å². The zero-order valence-corrected chi connectivity index (χ0v) is 20.9. The van der Waals surface area contributed by atoms with Crippen molar-refractivity contribution in [3.05, 3.63) is 127 Å². The Bertz CT molecular complexity index is 1930. The summed E-state index contributed by atoms with van der Waals surface area (Å²) in [6.45, 7) is 0. The van der Waals surface area contributed by atoms with Crippen LogP contribution in [-0.2, 0) is 0 Å². The first kappa shape index (κ1) is 22.4. The summed E-state index contributed by atoms with van der Waals surface area (Å²) in [4.78, 5) is 13.6. The number of furan rings is 1. The molecule has 5 heteroatoms. The standard InChI is InChI=1S/C33H20ClN3O/c34-33-36-31(22-11-5-2-6-12-22)35-32(37-33)26-15-8-16-29-30(26)27-20-25(17-18-28(27)38-29)24-14-7-13-23(19-24)21-9-3-1-4-10-21/h1-20H. The topological polar surface area (TPSA) is 51.8 Å². The van der Waals surface area contributed by atoms with Gasteiger partial charge in [0.05, 0.1) is 0 Å². The summed E-state index contributed by atoms with van der Waals surface area (Å²) in [5.74, 6) is 1.04. The maximum Gasteiger partial charge on any atom is 0.226 e. The van der Waals surface area contributed by atoms with Gasteiger partial charge in [0.15, 0.2) is 11.6 Å². The molecule has 7 rings (SSSR count). The van der Waals surface area contributed by atoms with E-state index < -0.39 is 0 Å². The van der Waals surface area contributed by atoms with E-state index in [0.717, 1.165) is 44.2 Å². The lowest BCUT2D eigenvalue weighted by Crippen LogP contribution is -1.97. The van der Waals surface area contributed by atoms with E-state index >= 15 is 0 Å². The number of nitrogens with zero attached hydrogens (tertiary/aromatic N) is 3. The van der Waals surface area contributed by atoms with Crippen molar-refractivity contribution < 1.29 is 4.42 Å². The van der Waals surface area contributed by atoms with Crippen LogP contribution in [0.5, 0.6) is 0 Å². The second kappa shape index (κ2) is 9.25. The summed E-state index contributed by atoms with van der Waals surface area (Å²) >= 11 is 6.38. The SMILES string of the molecule is Clc1nc(-c2ccccc2)nc(-c2cccc3oc4ccc(-c5cccc(-c6ccccc6)c5)cc4c23)n1. The van der Waals surface area contributed by atoms with Crippen LogP contribution in [0.25, 0.3) is 67.0 Å². The van der Waals surface area contributed by atoms with E-state index in [1.54, 1.807) is 0 Å². The Morgan fingerprint density at radius 2 is 1.11 bits per heavy atom. The smallest absolute Gasteiger partial charge is 0.226 e. The average Bonchev–Trinajstić information content (AvgIpc) is 3.36. The first-order chi connectivity index (χ1) is 18.7. The highest BCUT2D eigenvalue weighted by atomic mass is 35.5. The van der Waals surface area contributed by atoms with E-state index in [0.29, 0.717) is 11.6 Å². The van der Waals surface area contributed by atoms with Gasteiger partial charge in [-0.05, 0) is 58.1 Å². The number of fused-ring (bicyclic) bond motifs is 3. The van der Waals surface area contributed by atoms with E-state index in [9.17, 15) is 0 Å². The summed E-state index contributed by atoms with van der Waals surface area (Å²) < 4.78 is 6.24. The third-order valence-corrected chi connectivity index (χ3v) is 6.85. The Kier molecular flexibility index (Phi) is 5.46. The number of halogens is 1. The molecule has 0 N–H and O–H groups in total. The molecule has 38 heavy (non-hydrogen) atoms. The van der Waals surface area contributed by atoms with Gasteiger partial charge in [0.2, 0.25) is 5.28 Å². The van der Waals surface area contributed by atoms with Gasteiger partial charge in [-0.3, -0.25) is 0 Å². The van der Waals surface area contributed by atoms with Crippen LogP contribution in [0.2, 0.25) is 5.28 Å². The molecule has 2 heterocycles. The van der Waals surface area contributed by atoms with E-state index in [4.69, 9.17) is 21.0 Å². The van der Waals surface area contributed by atoms with Crippen LogP contribution >= 0.6 is 11.6 Å². The lowest BCUT2D eigenvalue weighted by atomic mass is 9.97. The highest BCUT2D eigenvalue weighted by Gasteiger charge is 2.17. The van der Waals surface area contributed by atoms with Crippen LogP contribution in [0.1, 0.15) is 0 Å². The highest BCUT2D eigenvalue weighted by molar-refractivity contribution is 6.28. The second-order valence-electron chi connectivity index (χ2n) is 9.06. The first-order valence-electron chi connectivity index (χ1n) is 12.3. The minimum atomic E-state index is 0.150. The molecule has 180 valence electrons. The van der Waals surface area contributed by atoms with Gasteiger partial charge >= 0.3 is 0 Å². The van der Waals surface area contributed by atoms with E-state index in [1.165, 1.54) is 11.1 Å². The van der Waals surface area contributed by atoms with Crippen LogP contribution in [0.4, 0.5) is 0 Å². The number of hydrogen-bond acceptors (Lipinski definition) is 4. The molecular weight excluding hydrogens is 490 g/mol. The Morgan fingerprint density at radius 1 is 0.474 bits per heavy atom. The van der Waals surface area contributed by atoms with Crippen molar-refractivity contribution in [3.63, 3.8) is 0 Å². The molecule has 0 amide bonds. The molecule has 0 saturated carbocycles. The van der Waals surface area contributed by atoms with Crippen LogP contribution < -0.4 is 0 Å². The molecule has 7 aromatic rings. The molecule has 5 aromatic carbocycles. The normalized spacial score (nSPS) is 11.3. The average molecular weight is 510 g/mol. The third kappa shape index (κ3) is 4.01. The van der Waals surface area contributed by atoms with Gasteiger partial charge in [-0.1, -0.05) is 97.1 Å². The quantitative estimate of drug-likeness (QED) is 0.237. The summed E-state index contributed by atoms with van der Waals surface area (Å²) in [7, 11) is 0. The van der Waals surface area contributed by atoms with Crippen molar-refractivity contribution in [1.82, 2.24) is 15.0 Å². The fourth-order valence-electron chi connectivity index (χ4n) is 4.89. The lowest BCUT2D eigenvalue weighted by molar-refractivity contribution is 0.669. The molecule has 0 atom stereocenters. The molecule has 0 fully saturated rings. The number of aromatic nitrogens is 3. The van der Waals surface area contributed by atoms with E-state index in [2.05, 4.69) is 70.6 Å². The fourth-order valence-corrected chi connectivity index (χ4v) is 5.05. The second-order valence-corrected chi connectivity index (χ2v) is 9.39. The molecule has 0 spiro atoms. The third-order valence-electron chi connectivity index (χ3n) is 6.68. The molecule has 4 nitrogen and oxygen atoms in total. The van der Waals surface area contributed by atoms with Crippen molar-refractivity contribution in [3.8, 4) is 45.0 Å². The van der Waals surface area contributed by atoms with Crippen LogP contribution in [-0.4, -0.2) is 15.0 Å². The van der Waals surface area contributed by atoms with Crippen LogP contribution in [0.3, 0.4) is 0 Å². The Balaban J connectivity index is 1.40. The number of rotatable bonds is 4. The van der Waals surface area contributed by atoms with Gasteiger partial charge in [0.25, 0.3) is 0 Å². The Hall–Kier alpha value is -4.80. The molecule has 0 bridgehead atoms. The van der Waals surface area contributed by atoms with Crippen molar-refractivity contribution in [2.75, 3.05) is 0 Å². The largest absolute Gasteiger partial charge is 0.456 e. The van der Waals surface area contributed by atoms with Crippen molar-refractivity contribution in [1.29, 1.82) is 0 Å². The predicted molar refractivity (Wildman–Crippen MR) is 154 cm³/mol. The highest BCUT2D eigenvalue weighted by Crippen LogP contribution is 2.38. The number of benzene rings is 5. The van der Waals surface area contributed by atoms with Crippen LogP contribution in [0.15, 0.2) is 126 Å². The summed E-state index contributed by atoms with van der Waals surface area (Å²) in [5, 5.41) is 2.10. The minimum absolute atomic E-state index is 0.150. The fraction of sp³-hybridized carbons (Fsp3) is 0. The van der Waals surface area contributed by atoms with Gasteiger partial charge in [-0.2, -0.15) is 9.97 Å². The summed E-state index contributed by atoms with van der Waals surface area (Å²) in [6, 6.07) is 41.0. The molecule has 0 radical (unpaired) electrons. The maximum absolute atomic E-state index is 6.38. The van der Waals surface area contributed by atoms with Gasteiger partial charge in [0.1, 0.15) is 11.2 Å². The van der Waals surface area contributed by atoms with Crippen molar-refractivity contribution in [2.24, 2.45) is 0 Å². The molecule has 0 aliphatic carbocycles. The van der Waals surface area contributed by atoms with E-state index in [-0.39, 0.29) is 5.28 Å². The molecule has 0 unspecified atom stereocenters. The maximum atomic E-state index is 6.38. The van der Waals surface area contributed by atoms with Gasteiger partial charge < -0.3 is 4.42 Å². The molecule has 0 saturated heterocycles. The zero-order valence-electron chi connectivity index (χ0n) is 20.2. The molecular formula is C33H20ClN3O. The molecule has 0 aliphatic heterocycles. The van der Waals surface area contributed by atoms with Crippen molar-refractivity contribution >= 4 is 33.5 Å². The van der Waals surface area contributed by atoms with E-state index in [1.807, 2.05) is 60.7 Å². The zero-order chi connectivity index (χ0) is 25.5. The van der Waals surface area contributed by atoms with Gasteiger partial charge in [0, 0.05) is 21.9 Å². The number of hydrogen-bond donors (Lipinski definition) is 0. The monoisotopic (exact) mass is 509 g/mol. The van der Waals surface area contributed by atoms with Gasteiger partial charge in [-0.25, -0.2) is 4.98 Å². The molecule has 0 aliphatic rings. The lowest BCUT2D eigenvalue weighted by Gasteiger charge is -2.07. The molecule has 2 aromatic heterocycles. The first-order valence-corrected chi connectivity index (χ1v) is 12.7. The predicted octanol–water partition coefficient (Wildman–Crippen LogP) is 9.09. The van der Waals surface area contributed by atoms with Crippen molar-refractivity contribution in [2.45, 2.75) is 0 Å². The Labute approximate surface area is 224 Å². The summed E-state index contributed by atoms with van der Waals surface area (Å²) in [6.07, 6.45) is 0. The minimum Gasteiger partial charge on any atom is -0.456 e. The Morgan fingerprint density at radius 3 is 1.89 bits per heavy atom. The summed E-state index contributed by atoms with van der Waals surface area (Å²) in [5.41, 5.74) is 7.90.